The van der Waals surface area contributed by atoms with E-state index >= 15 is 0 Å². The van der Waals surface area contributed by atoms with Gasteiger partial charge in [-0.3, -0.25) is 0 Å². The van der Waals surface area contributed by atoms with Crippen LogP contribution in [0.1, 0.15) is 31.4 Å². The predicted octanol–water partition coefficient (Wildman–Crippen LogP) is 2.69. The molecule has 2 amide bonds. The van der Waals surface area contributed by atoms with E-state index in [1.165, 1.54) is 12.1 Å². The fourth-order valence-electron chi connectivity index (χ4n) is 1.64. The summed E-state index contributed by atoms with van der Waals surface area (Å²) in [5.74, 6) is -0.258. The first-order chi connectivity index (χ1) is 8.08. The third kappa shape index (κ3) is 2.96. The van der Waals surface area contributed by atoms with Crippen molar-refractivity contribution >= 4 is 6.03 Å². The molecule has 92 valence electrons. The normalized spacial score (nSPS) is 16.4. The molecule has 2 rings (SSSR count). The summed E-state index contributed by atoms with van der Waals surface area (Å²) in [4.78, 5) is 13.5. The molecule has 0 radical (unpaired) electrons. The van der Waals surface area contributed by atoms with E-state index in [-0.39, 0.29) is 17.9 Å². The first-order valence-corrected chi connectivity index (χ1v) is 5.86. The van der Waals surface area contributed by atoms with Crippen molar-refractivity contribution < 1.29 is 9.18 Å². The van der Waals surface area contributed by atoms with Crippen LogP contribution < -0.4 is 5.32 Å². The van der Waals surface area contributed by atoms with Gasteiger partial charge in [-0.2, -0.15) is 0 Å². The second-order valence-electron chi connectivity index (χ2n) is 4.56. The fraction of sp³-hybridized carbons (Fsp3) is 0.462. The maximum absolute atomic E-state index is 12.8. The van der Waals surface area contributed by atoms with Crippen molar-refractivity contribution in [2.75, 3.05) is 7.05 Å². The number of amides is 2. The van der Waals surface area contributed by atoms with Crippen LogP contribution >= 0.6 is 0 Å². The van der Waals surface area contributed by atoms with Gasteiger partial charge in [0.1, 0.15) is 5.82 Å². The summed E-state index contributed by atoms with van der Waals surface area (Å²) in [6.07, 6.45) is 2.15. The Hall–Kier alpha value is -1.58. The molecular weight excluding hydrogens is 219 g/mol. The summed E-state index contributed by atoms with van der Waals surface area (Å²) in [7, 11) is 1.76. The van der Waals surface area contributed by atoms with Crippen molar-refractivity contribution in [2.24, 2.45) is 0 Å². The highest BCUT2D eigenvalue weighted by Crippen LogP contribution is 2.22. The van der Waals surface area contributed by atoms with Crippen molar-refractivity contribution in [3.8, 4) is 0 Å². The molecule has 0 aliphatic heterocycles. The van der Waals surface area contributed by atoms with Gasteiger partial charge in [0, 0.05) is 13.1 Å². The number of urea groups is 1. The third-order valence-corrected chi connectivity index (χ3v) is 3.16. The number of benzene rings is 1. The van der Waals surface area contributed by atoms with Gasteiger partial charge in [0.05, 0.1) is 6.04 Å². The summed E-state index contributed by atoms with van der Waals surface area (Å²) in [5, 5.41) is 2.93. The van der Waals surface area contributed by atoms with Crippen molar-refractivity contribution in [3.05, 3.63) is 35.6 Å². The molecule has 1 aliphatic rings. The van der Waals surface area contributed by atoms with Crippen molar-refractivity contribution in [3.63, 3.8) is 0 Å². The maximum atomic E-state index is 12.8. The Morgan fingerprint density at radius 2 is 2.00 bits per heavy atom. The zero-order valence-corrected chi connectivity index (χ0v) is 10.1. The van der Waals surface area contributed by atoms with E-state index in [1.807, 2.05) is 6.92 Å². The van der Waals surface area contributed by atoms with Gasteiger partial charge in [0.25, 0.3) is 0 Å². The molecule has 0 unspecified atom stereocenters. The Morgan fingerprint density at radius 3 is 2.53 bits per heavy atom. The van der Waals surface area contributed by atoms with Crippen LogP contribution in [0.4, 0.5) is 9.18 Å². The van der Waals surface area contributed by atoms with Gasteiger partial charge >= 0.3 is 6.03 Å². The molecule has 1 N–H and O–H groups in total. The number of nitrogens with one attached hydrogen (secondary N) is 1. The molecule has 4 heteroatoms. The van der Waals surface area contributed by atoms with Gasteiger partial charge in [-0.15, -0.1) is 0 Å². The second kappa shape index (κ2) is 4.73. The van der Waals surface area contributed by atoms with Gasteiger partial charge < -0.3 is 10.2 Å². The van der Waals surface area contributed by atoms with Crippen LogP contribution in [0.15, 0.2) is 24.3 Å². The SMILES string of the molecule is C[C@@H](c1ccc(F)cc1)N(C)C(=O)NC1CC1. The summed E-state index contributed by atoms with van der Waals surface area (Å²) >= 11 is 0. The third-order valence-electron chi connectivity index (χ3n) is 3.16. The lowest BCUT2D eigenvalue weighted by molar-refractivity contribution is 0.194. The van der Waals surface area contributed by atoms with Crippen LogP contribution in [0, 0.1) is 5.82 Å². The van der Waals surface area contributed by atoms with Gasteiger partial charge in [-0.05, 0) is 37.5 Å². The number of halogens is 1. The van der Waals surface area contributed by atoms with E-state index in [9.17, 15) is 9.18 Å². The number of carbonyl (C=O) groups is 1. The molecule has 0 aromatic heterocycles. The molecule has 1 fully saturated rings. The van der Waals surface area contributed by atoms with E-state index in [0.29, 0.717) is 6.04 Å². The van der Waals surface area contributed by atoms with Crippen LogP contribution in [0.3, 0.4) is 0 Å². The molecule has 0 spiro atoms. The van der Waals surface area contributed by atoms with Crippen LogP contribution in [0.5, 0.6) is 0 Å². The van der Waals surface area contributed by atoms with E-state index in [2.05, 4.69) is 5.32 Å². The molecule has 1 saturated carbocycles. The Bertz CT molecular complexity index is 400. The van der Waals surface area contributed by atoms with Crippen molar-refractivity contribution in [1.29, 1.82) is 0 Å². The molecule has 1 aliphatic carbocycles. The number of hydrogen-bond acceptors (Lipinski definition) is 1. The average Bonchev–Trinajstić information content (AvgIpc) is 3.12. The summed E-state index contributed by atoms with van der Waals surface area (Å²) in [5.41, 5.74) is 0.930. The lowest BCUT2D eigenvalue weighted by Gasteiger charge is -2.25. The number of rotatable bonds is 3. The van der Waals surface area contributed by atoms with Crippen molar-refractivity contribution in [2.45, 2.75) is 31.8 Å². The second-order valence-corrected chi connectivity index (χ2v) is 4.56. The van der Waals surface area contributed by atoms with Crippen LogP contribution in [-0.4, -0.2) is 24.0 Å². The molecular formula is C13H17FN2O. The van der Waals surface area contributed by atoms with E-state index in [4.69, 9.17) is 0 Å². The monoisotopic (exact) mass is 236 g/mol. The van der Waals surface area contributed by atoms with Gasteiger partial charge in [-0.25, -0.2) is 9.18 Å². The minimum Gasteiger partial charge on any atom is -0.335 e. The van der Waals surface area contributed by atoms with Crippen LogP contribution in [-0.2, 0) is 0 Å². The lowest BCUT2D eigenvalue weighted by Crippen LogP contribution is -2.39. The first-order valence-electron chi connectivity index (χ1n) is 5.86. The van der Waals surface area contributed by atoms with Gasteiger partial charge in [0.2, 0.25) is 0 Å². The summed E-state index contributed by atoms with van der Waals surface area (Å²) < 4.78 is 12.8. The Morgan fingerprint density at radius 1 is 1.41 bits per heavy atom. The molecule has 1 aromatic carbocycles. The number of nitrogens with zero attached hydrogens (tertiary/aromatic N) is 1. The molecule has 0 heterocycles. The van der Waals surface area contributed by atoms with Gasteiger partial charge in [-0.1, -0.05) is 12.1 Å². The summed E-state index contributed by atoms with van der Waals surface area (Å²) in [6, 6.07) is 6.47. The average molecular weight is 236 g/mol. The quantitative estimate of drug-likeness (QED) is 0.859. The zero-order chi connectivity index (χ0) is 12.4. The van der Waals surface area contributed by atoms with E-state index < -0.39 is 0 Å². The van der Waals surface area contributed by atoms with E-state index in [0.717, 1.165) is 18.4 Å². The highest BCUT2D eigenvalue weighted by molar-refractivity contribution is 5.75. The highest BCUT2D eigenvalue weighted by atomic mass is 19.1. The molecule has 3 nitrogen and oxygen atoms in total. The summed E-state index contributed by atoms with van der Waals surface area (Å²) in [6.45, 7) is 1.93. The molecule has 1 atom stereocenters. The first kappa shape index (κ1) is 11.9. The Balaban J connectivity index is 1.99. The zero-order valence-electron chi connectivity index (χ0n) is 10.1. The predicted molar refractivity (Wildman–Crippen MR) is 64.1 cm³/mol. The maximum Gasteiger partial charge on any atom is 0.317 e. The largest absolute Gasteiger partial charge is 0.335 e. The Labute approximate surface area is 101 Å². The lowest BCUT2D eigenvalue weighted by atomic mass is 10.1. The minimum atomic E-state index is -0.258. The standard InChI is InChI=1S/C13H17FN2O/c1-9(10-3-5-11(14)6-4-10)16(2)13(17)15-12-7-8-12/h3-6,9,12H,7-8H2,1-2H3,(H,15,17)/t9-/m0/s1. The Kier molecular flexibility index (Phi) is 3.31. The smallest absolute Gasteiger partial charge is 0.317 e. The molecule has 1 aromatic rings. The molecule has 17 heavy (non-hydrogen) atoms. The van der Waals surface area contributed by atoms with Crippen molar-refractivity contribution in [1.82, 2.24) is 10.2 Å². The van der Waals surface area contributed by atoms with Crippen LogP contribution in [0.25, 0.3) is 0 Å². The number of hydrogen-bond donors (Lipinski definition) is 1. The highest BCUT2D eigenvalue weighted by Gasteiger charge is 2.26. The molecule has 0 saturated heterocycles. The topological polar surface area (TPSA) is 32.3 Å². The number of carbonyl (C=O) groups excluding carboxylic acids is 1. The molecule has 0 bridgehead atoms. The minimum absolute atomic E-state index is 0.0608. The van der Waals surface area contributed by atoms with E-state index in [1.54, 1.807) is 24.1 Å². The van der Waals surface area contributed by atoms with Gasteiger partial charge in [0.15, 0.2) is 0 Å². The van der Waals surface area contributed by atoms with Crippen LogP contribution in [0.2, 0.25) is 0 Å². The fourth-order valence-corrected chi connectivity index (χ4v) is 1.64.